The highest BCUT2D eigenvalue weighted by molar-refractivity contribution is 7.80. The molecule has 4 heterocycles. The quantitative estimate of drug-likeness (QED) is 0.188. The number of halogens is 1. The Morgan fingerprint density at radius 1 is 1.07 bits per heavy atom. The molecule has 2 fully saturated rings. The van der Waals surface area contributed by atoms with Gasteiger partial charge in [-0.05, 0) is 85.6 Å². The number of thiocarbonyl (C=S) groups is 1. The Bertz CT molecular complexity index is 1570. The zero-order valence-corrected chi connectivity index (χ0v) is 24.5. The zero-order chi connectivity index (χ0) is 28.5. The molecule has 0 amide bonds. The van der Waals surface area contributed by atoms with Crippen LogP contribution >= 0.6 is 23.8 Å². The third-order valence-electron chi connectivity index (χ3n) is 7.92. The molecule has 2 aliphatic rings. The van der Waals surface area contributed by atoms with E-state index in [1.807, 2.05) is 48.5 Å². The molecule has 0 bridgehead atoms. The Morgan fingerprint density at radius 2 is 1.90 bits per heavy atom. The molecule has 0 radical (unpaired) electrons. The number of carbonyl (C=O) groups is 1. The first kappa shape index (κ1) is 27.3. The molecule has 2 aromatic carbocycles. The van der Waals surface area contributed by atoms with E-state index in [0.29, 0.717) is 27.2 Å². The van der Waals surface area contributed by atoms with Crippen LogP contribution in [0.15, 0.2) is 83.4 Å². The number of carbonyl (C=O) groups excluding carboxylic acids is 1. The second-order valence-corrected chi connectivity index (χ2v) is 11.4. The van der Waals surface area contributed by atoms with Crippen molar-refractivity contribution < 1.29 is 13.9 Å². The molecule has 41 heavy (non-hydrogen) atoms. The van der Waals surface area contributed by atoms with Crippen LogP contribution in [0.2, 0.25) is 5.02 Å². The minimum atomic E-state index is -0.398. The summed E-state index contributed by atoms with van der Waals surface area (Å²) < 4.78 is 11.4. The number of ether oxygens (including phenoxy) is 1. The molecule has 2 atom stereocenters. The predicted molar refractivity (Wildman–Crippen MR) is 165 cm³/mol. The molecule has 9 heteroatoms. The smallest absolute Gasteiger partial charge is 0.337 e. The van der Waals surface area contributed by atoms with E-state index in [9.17, 15) is 4.79 Å². The van der Waals surface area contributed by atoms with Crippen LogP contribution in [-0.2, 0) is 4.74 Å². The summed E-state index contributed by atoms with van der Waals surface area (Å²) in [6.45, 7) is 4.30. The molecule has 0 spiro atoms. The van der Waals surface area contributed by atoms with E-state index in [1.54, 1.807) is 18.3 Å². The van der Waals surface area contributed by atoms with Gasteiger partial charge >= 0.3 is 5.97 Å². The number of nitrogens with one attached hydrogen (secondary N) is 1. The van der Waals surface area contributed by atoms with Crippen molar-refractivity contribution in [2.45, 2.75) is 31.8 Å². The number of furan rings is 1. The lowest BCUT2D eigenvalue weighted by Gasteiger charge is -2.33. The first-order valence-electron chi connectivity index (χ1n) is 13.8. The van der Waals surface area contributed by atoms with Crippen molar-refractivity contribution in [2.75, 3.05) is 30.0 Å². The van der Waals surface area contributed by atoms with Crippen molar-refractivity contribution in [1.29, 1.82) is 0 Å². The molecule has 210 valence electrons. The van der Waals surface area contributed by atoms with Crippen LogP contribution in [0.3, 0.4) is 0 Å². The van der Waals surface area contributed by atoms with Crippen LogP contribution in [0.25, 0.3) is 11.3 Å². The first-order valence-corrected chi connectivity index (χ1v) is 14.5. The number of benzene rings is 2. The van der Waals surface area contributed by atoms with Crippen LogP contribution in [0.1, 0.15) is 53.7 Å². The number of nitrogens with zero attached hydrogens (tertiary/aromatic N) is 3. The average molecular weight is 587 g/mol. The third-order valence-corrected chi connectivity index (χ3v) is 8.54. The molecule has 0 saturated carbocycles. The number of rotatable bonds is 6. The van der Waals surface area contributed by atoms with Crippen molar-refractivity contribution in [1.82, 2.24) is 10.3 Å². The van der Waals surface area contributed by atoms with Gasteiger partial charge in [0.05, 0.1) is 35.1 Å². The van der Waals surface area contributed by atoms with Gasteiger partial charge in [-0.25, -0.2) is 4.79 Å². The van der Waals surface area contributed by atoms with Gasteiger partial charge < -0.3 is 24.3 Å². The maximum Gasteiger partial charge on any atom is 0.337 e. The van der Waals surface area contributed by atoms with Gasteiger partial charge in [0, 0.05) is 30.5 Å². The number of aromatic nitrogens is 1. The number of anilines is 2. The molecular formula is C32H31ClN4O3S. The first-order chi connectivity index (χ1) is 19.9. The maximum absolute atomic E-state index is 12.1. The number of methoxy groups -OCH3 is 1. The predicted octanol–water partition coefficient (Wildman–Crippen LogP) is 7.20. The van der Waals surface area contributed by atoms with Gasteiger partial charge in [-0.3, -0.25) is 4.98 Å². The van der Waals surface area contributed by atoms with Gasteiger partial charge in [0.2, 0.25) is 0 Å². The Kier molecular flexibility index (Phi) is 7.69. The van der Waals surface area contributed by atoms with Crippen LogP contribution in [0.4, 0.5) is 11.4 Å². The lowest BCUT2D eigenvalue weighted by molar-refractivity contribution is 0.0601. The SMILES string of the molecule is COC(=O)c1cccc(-c2ccc(C3C(c4ccccn4)NC(=S)N3c3ccc(N4CCC(C)CC4)c(Cl)c3)o2)c1. The third kappa shape index (κ3) is 5.42. The summed E-state index contributed by atoms with van der Waals surface area (Å²) in [6, 6.07) is 22.5. The summed E-state index contributed by atoms with van der Waals surface area (Å²) in [5.74, 6) is 1.68. The Balaban J connectivity index is 1.37. The summed E-state index contributed by atoms with van der Waals surface area (Å²) in [7, 11) is 1.37. The summed E-state index contributed by atoms with van der Waals surface area (Å²) in [5, 5.41) is 4.73. The largest absolute Gasteiger partial charge is 0.465 e. The summed E-state index contributed by atoms with van der Waals surface area (Å²) in [6.07, 6.45) is 4.10. The molecule has 7 nitrogen and oxygen atoms in total. The average Bonchev–Trinajstić information content (AvgIpc) is 3.62. The lowest BCUT2D eigenvalue weighted by Crippen LogP contribution is -2.33. The molecular weight excluding hydrogens is 556 g/mol. The molecule has 1 N–H and O–H groups in total. The van der Waals surface area contributed by atoms with Crippen LogP contribution < -0.4 is 15.1 Å². The lowest BCUT2D eigenvalue weighted by atomic mass is 9.98. The minimum absolute atomic E-state index is 0.258. The summed E-state index contributed by atoms with van der Waals surface area (Å²) >= 11 is 12.8. The molecule has 0 aliphatic carbocycles. The molecule has 4 aromatic rings. The summed E-state index contributed by atoms with van der Waals surface area (Å²) in [5.41, 5.74) is 3.99. The highest BCUT2D eigenvalue weighted by atomic mass is 35.5. The second kappa shape index (κ2) is 11.5. The number of esters is 1. The fraction of sp³-hybridized carbons (Fsp3) is 0.281. The number of hydrogen-bond acceptors (Lipinski definition) is 6. The summed E-state index contributed by atoms with van der Waals surface area (Å²) in [4.78, 5) is 21.2. The highest BCUT2D eigenvalue weighted by Gasteiger charge is 2.43. The fourth-order valence-corrected chi connectivity index (χ4v) is 6.30. The normalized spacial score (nSPS) is 19.3. The van der Waals surface area contributed by atoms with Crippen molar-refractivity contribution in [3.05, 3.63) is 101 Å². The topological polar surface area (TPSA) is 70.8 Å². The van der Waals surface area contributed by atoms with E-state index in [0.717, 1.165) is 54.5 Å². The molecule has 2 aromatic heterocycles. The highest BCUT2D eigenvalue weighted by Crippen LogP contribution is 2.44. The number of pyridine rings is 1. The van der Waals surface area contributed by atoms with Crippen molar-refractivity contribution in [3.63, 3.8) is 0 Å². The fourth-order valence-electron chi connectivity index (χ4n) is 5.66. The van der Waals surface area contributed by atoms with Gasteiger partial charge in [-0.15, -0.1) is 0 Å². The Morgan fingerprint density at radius 3 is 2.63 bits per heavy atom. The molecule has 2 saturated heterocycles. The van der Waals surface area contributed by atoms with Crippen molar-refractivity contribution >= 4 is 46.3 Å². The minimum Gasteiger partial charge on any atom is -0.465 e. The zero-order valence-electron chi connectivity index (χ0n) is 22.9. The van der Waals surface area contributed by atoms with Crippen LogP contribution in [0.5, 0.6) is 0 Å². The van der Waals surface area contributed by atoms with Gasteiger partial charge in [0.1, 0.15) is 17.6 Å². The van der Waals surface area contributed by atoms with Crippen molar-refractivity contribution in [2.24, 2.45) is 5.92 Å². The maximum atomic E-state index is 12.1. The van der Waals surface area contributed by atoms with E-state index in [1.165, 1.54) is 7.11 Å². The van der Waals surface area contributed by atoms with Crippen LogP contribution in [0, 0.1) is 5.92 Å². The number of hydrogen-bond donors (Lipinski definition) is 1. The van der Waals surface area contributed by atoms with Gasteiger partial charge in [-0.1, -0.05) is 36.7 Å². The van der Waals surface area contributed by atoms with Crippen molar-refractivity contribution in [3.8, 4) is 11.3 Å². The Hall–Kier alpha value is -3.88. The van der Waals surface area contributed by atoms with E-state index in [2.05, 4.69) is 39.2 Å². The van der Waals surface area contributed by atoms with Gasteiger partial charge in [0.15, 0.2) is 5.11 Å². The van der Waals surface area contributed by atoms with E-state index < -0.39 is 5.97 Å². The standard InChI is InChI=1S/C32H31ClN4O3S/c1-20-13-16-36(17-14-20)26-10-9-23(19-24(26)33)37-30(29(35-32(37)41)25-8-3-4-15-34-25)28-12-11-27(40-28)21-6-5-7-22(18-21)31(38)39-2/h3-12,15,18-20,29-30H,13-14,16-17H2,1-2H3,(H,35,41). The Labute approximate surface area is 250 Å². The van der Waals surface area contributed by atoms with Crippen LogP contribution in [-0.4, -0.2) is 36.3 Å². The molecule has 2 aliphatic heterocycles. The van der Waals surface area contributed by atoms with E-state index >= 15 is 0 Å². The van der Waals surface area contributed by atoms with Gasteiger partial charge in [-0.2, -0.15) is 0 Å². The second-order valence-electron chi connectivity index (χ2n) is 10.6. The van der Waals surface area contributed by atoms with E-state index in [-0.39, 0.29) is 12.1 Å². The monoisotopic (exact) mass is 586 g/mol. The van der Waals surface area contributed by atoms with E-state index in [4.69, 9.17) is 33.0 Å². The van der Waals surface area contributed by atoms with Gasteiger partial charge in [0.25, 0.3) is 0 Å². The molecule has 2 unspecified atom stereocenters. The number of piperidine rings is 1. The molecule has 6 rings (SSSR count).